The zero-order valence-electron chi connectivity index (χ0n) is 12.9. The first kappa shape index (κ1) is 21.0. The molecule has 1 unspecified atom stereocenters. The van der Waals surface area contributed by atoms with Crippen LogP contribution in [0.1, 0.15) is 10.4 Å². The lowest BCUT2D eigenvalue weighted by Gasteiger charge is -2.28. The molecular formula is C16H12Cl4FN3OS. The molecule has 2 aromatic rings. The van der Waals surface area contributed by atoms with Crippen LogP contribution in [-0.2, 0) is 0 Å². The second kappa shape index (κ2) is 9.06. The van der Waals surface area contributed by atoms with Gasteiger partial charge >= 0.3 is 0 Å². The van der Waals surface area contributed by atoms with E-state index in [-0.39, 0.29) is 21.5 Å². The van der Waals surface area contributed by atoms with Gasteiger partial charge in [-0.1, -0.05) is 58.5 Å². The van der Waals surface area contributed by atoms with Crippen molar-refractivity contribution in [1.29, 1.82) is 0 Å². The van der Waals surface area contributed by atoms with Crippen molar-refractivity contribution < 1.29 is 9.18 Å². The van der Waals surface area contributed by atoms with Gasteiger partial charge in [-0.2, -0.15) is 0 Å². The predicted octanol–water partition coefficient (Wildman–Crippen LogP) is 4.89. The van der Waals surface area contributed by atoms with Gasteiger partial charge in [-0.3, -0.25) is 4.79 Å². The van der Waals surface area contributed by atoms with Crippen LogP contribution in [0.4, 0.5) is 10.1 Å². The zero-order chi connectivity index (χ0) is 19.3. The van der Waals surface area contributed by atoms with Gasteiger partial charge in [-0.05, 0) is 48.6 Å². The van der Waals surface area contributed by atoms with Gasteiger partial charge in [0.1, 0.15) is 12.0 Å². The van der Waals surface area contributed by atoms with Crippen LogP contribution in [0.15, 0.2) is 48.5 Å². The number of benzene rings is 2. The standard InChI is InChI=1S/C16H12Cl4FN3OS/c17-12-4-2-1-3-11(12)13(25)23-14(16(18,19)20)24-15(26)22-10-7-5-9(21)6-8-10/h1-8,14H,(H,23,25)(H2,22,24,26). The number of hydrogen-bond donors (Lipinski definition) is 3. The molecule has 0 aliphatic rings. The normalized spacial score (nSPS) is 12.2. The Hall–Kier alpha value is -1.31. The van der Waals surface area contributed by atoms with Crippen molar-refractivity contribution >= 4 is 75.3 Å². The molecule has 4 nitrogen and oxygen atoms in total. The van der Waals surface area contributed by atoms with Crippen LogP contribution in [-0.4, -0.2) is 21.0 Å². The molecule has 0 heterocycles. The summed E-state index contributed by atoms with van der Waals surface area (Å²) in [5.41, 5.74) is 0.733. The Labute approximate surface area is 174 Å². The molecule has 0 spiro atoms. The molecule has 2 rings (SSSR count). The van der Waals surface area contributed by atoms with E-state index in [1.807, 2.05) is 0 Å². The molecule has 1 atom stereocenters. The second-order valence-corrected chi connectivity index (χ2v) is 8.22. The number of amides is 1. The van der Waals surface area contributed by atoms with Crippen LogP contribution >= 0.6 is 58.6 Å². The number of hydrogen-bond acceptors (Lipinski definition) is 2. The van der Waals surface area contributed by atoms with Crippen molar-refractivity contribution in [2.24, 2.45) is 0 Å². The molecule has 3 N–H and O–H groups in total. The number of anilines is 1. The van der Waals surface area contributed by atoms with Crippen molar-refractivity contribution in [3.63, 3.8) is 0 Å². The van der Waals surface area contributed by atoms with Crippen LogP contribution in [0.25, 0.3) is 0 Å². The lowest BCUT2D eigenvalue weighted by molar-refractivity contribution is 0.0934. The topological polar surface area (TPSA) is 53.2 Å². The Morgan fingerprint density at radius 3 is 2.23 bits per heavy atom. The van der Waals surface area contributed by atoms with Crippen molar-refractivity contribution in [3.05, 3.63) is 64.9 Å². The molecule has 0 saturated heterocycles. The van der Waals surface area contributed by atoms with E-state index in [4.69, 9.17) is 58.6 Å². The minimum absolute atomic E-state index is 0.0624. The fourth-order valence-electron chi connectivity index (χ4n) is 1.89. The largest absolute Gasteiger partial charge is 0.339 e. The van der Waals surface area contributed by atoms with Crippen LogP contribution in [0.2, 0.25) is 5.02 Å². The zero-order valence-corrected chi connectivity index (χ0v) is 16.7. The van der Waals surface area contributed by atoms with Gasteiger partial charge in [0.25, 0.3) is 5.91 Å². The third kappa shape index (κ3) is 6.14. The van der Waals surface area contributed by atoms with Crippen molar-refractivity contribution in [2.45, 2.75) is 9.96 Å². The van der Waals surface area contributed by atoms with E-state index >= 15 is 0 Å². The predicted molar refractivity (Wildman–Crippen MR) is 109 cm³/mol. The summed E-state index contributed by atoms with van der Waals surface area (Å²) in [7, 11) is 0. The first-order chi connectivity index (χ1) is 12.2. The minimum atomic E-state index is -1.91. The molecule has 0 aliphatic heterocycles. The first-order valence-electron chi connectivity index (χ1n) is 7.12. The van der Waals surface area contributed by atoms with Crippen molar-refractivity contribution in [2.75, 3.05) is 5.32 Å². The highest BCUT2D eigenvalue weighted by Gasteiger charge is 2.35. The second-order valence-electron chi connectivity index (χ2n) is 5.03. The van der Waals surface area contributed by atoms with Crippen molar-refractivity contribution in [3.8, 4) is 0 Å². The van der Waals surface area contributed by atoms with E-state index in [0.29, 0.717) is 5.69 Å². The number of thiocarbonyl (C=S) groups is 1. The molecule has 0 fully saturated rings. The summed E-state index contributed by atoms with van der Waals surface area (Å²) in [6.07, 6.45) is -1.16. The Bertz CT molecular complexity index is 799. The van der Waals surface area contributed by atoms with Gasteiger partial charge in [-0.15, -0.1) is 0 Å². The van der Waals surface area contributed by atoms with E-state index in [9.17, 15) is 9.18 Å². The van der Waals surface area contributed by atoms with Crippen LogP contribution in [0.3, 0.4) is 0 Å². The number of halogens is 5. The quantitative estimate of drug-likeness (QED) is 0.349. The number of rotatable bonds is 4. The maximum atomic E-state index is 12.9. The summed E-state index contributed by atoms with van der Waals surface area (Å²) in [6, 6.07) is 11.9. The van der Waals surface area contributed by atoms with Gasteiger partial charge in [0.2, 0.25) is 3.79 Å². The minimum Gasteiger partial charge on any atom is -0.339 e. The first-order valence-corrected chi connectivity index (χ1v) is 9.04. The lowest BCUT2D eigenvalue weighted by Crippen LogP contribution is -2.56. The van der Waals surface area contributed by atoms with Crippen LogP contribution in [0, 0.1) is 5.82 Å². The molecule has 0 saturated carbocycles. The Morgan fingerprint density at radius 1 is 1.04 bits per heavy atom. The third-order valence-corrected chi connectivity index (χ3v) is 4.30. The molecule has 138 valence electrons. The average molecular weight is 455 g/mol. The maximum Gasteiger partial charge on any atom is 0.254 e. The van der Waals surface area contributed by atoms with Crippen LogP contribution in [0.5, 0.6) is 0 Å². The Kier molecular flexibility index (Phi) is 7.32. The summed E-state index contributed by atoms with van der Waals surface area (Å²) in [4.78, 5) is 12.4. The van der Waals surface area contributed by atoms with E-state index < -0.39 is 15.9 Å². The maximum absolute atomic E-state index is 12.9. The molecule has 0 aliphatic carbocycles. The Morgan fingerprint density at radius 2 is 1.65 bits per heavy atom. The highest BCUT2D eigenvalue weighted by atomic mass is 35.6. The van der Waals surface area contributed by atoms with E-state index in [1.54, 1.807) is 18.2 Å². The molecule has 0 bridgehead atoms. The molecule has 0 aromatic heterocycles. The van der Waals surface area contributed by atoms with Gasteiger partial charge in [0.15, 0.2) is 5.11 Å². The van der Waals surface area contributed by atoms with E-state index in [1.165, 1.54) is 30.3 Å². The Balaban J connectivity index is 2.07. The molecule has 26 heavy (non-hydrogen) atoms. The fourth-order valence-corrected chi connectivity index (χ4v) is 2.67. The molecule has 2 aromatic carbocycles. The summed E-state index contributed by atoms with van der Waals surface area (Å²) in [6.45, 7) is 0. The lowest BCUT2D eigenvalue weighted by atomic mass is 10.2. The van der Waals surface area contributed by atoms with E-state index in [0.717, 1.165) is 0 Å². The fraction of sp³-hybridized carbons (Fsp3) is 0.125. The number of carbonyl (C=O) groups excluding carboxylic acids is 1. The van der Waals surface area contributed by atoms with Gasteiger partial charge in [0.05, 0.1) is 10.6 Å². The smallest absolute Gasteiger partial charge is 0.254 e. The van der Waals surface area contributed by atoms with Gasteiger partial charge in [-0.25, -0.2) is 4.39 Å². The monoisotopic (exact) mass is 453 g/mol. The SMILES string of the molecule is O=C(NC(NC(=S)Nc1ccc(F)cc1)C(Cl)(Cl)Cl)c1ccccc1Cl. The van der Waals surface area contributed by atoms with E-state index in [2.05, 4.69) is 16.0 Å². The number of nitrogens with one attached hydrogen (secondary N) is 3. The van der Waals surface area contributed by atoms with Crippen LogP contribution < -0.4 is 16.0 Å². The summed E-state index contributed by atoms with van der Waals surface area (Å²) >= 11 is 28.9. The summed E-state index contributed by atoms with van der Waals surface area (Å²) < 4.78 is 11.0. The van der Waals surface area contributed by atoms with Gasteiger partial charge in [0, 0.05) is 5.69 Å². The van der Waals surface area contributed by atoms with Gasteiger partial charge < -0.3 is 16.0 Å². The summed E-state index contributed by atoms with van der Waals surface area (Å²) in [5, 5.41) is 8.33. The molecule has 1 amide bonds. The highest BCUT2D eigenvalue weighted by molar-refractivity contribution is 7.80. The molecular weight excluding hydrogens is 443 g/mol. The number of carbonyl (C=O) groups is 1. The average Bonchev–Trinajstić information content (AvgIpc) is 2.56. The highest BCUT2D eigenvalue weighted by Crippen LogP contribution is 2.29. The molecule has 10 heteroatoms. The molecule has 0 radical (unpaired) electrons. The third-order valence-electron chi connectivity index (χ3n) is 3.10. The van der Waals surface area contributed by atoms with Crippen molar-refractivity contribution in [1.82, 2.24) is 10.6 Å². The summed E-state index contributed by atoms with van der Waals surface area (Å²) in [5.74, 6) is -0.940. The number of alkyl halides is 3.